The first-order valence-electron chi connectivity index (χ1n) is 5.66. The van der Waals surface area contributed by atoms with Crippen molar-refractivity contribution in [2.45, 2.75) is 59.1 Å². The highest BCUT2D eigenvalue weighted by Crippen LogP contribution is 2.13. The van der Waals surface area contributed by atoms with E-state index in [2.05, 4.69) is 39.9 Å². The minimum atomic E-state index is 0.226. The largest absolute Gasteiger partial charge is 0.382 e. The molecule has 0 saturated carbocycles. The zero-order valence-corrected chi connectivity index (χ0v) is 10.7. The van der Waals surface area contributed by atoms with E-state index in [4.69, 9.17) is 4.74 Å². The van der Waals surface area contributed by atoms with Crippen LogP contribution in [0.5, 0.6) is 0 Å². The molecule has 0 radical (unpaired) electrons. The van der Waals surface area contributed by atoms with Crippen LogP contribution in [-0.4, -0.2) is 25.3 Å². The number of hydrogen-bond donors (Lipinski definition) is 1. The maximum Gasteiger partial charge on any atom is 0.0546 e. The average molecular weight is 201 g/mol. The number of rotatable bonds is 6. The first-order chi connectivity index (χ1) is 6.39. The molecule has 0 spiro atoms. The van der Waals surface area contributed by atoms with Crippen LogP contribution < -0.4 is 5.32 Å². The quantitative estimate of drug-likeness (QED) is 0.713. The summed E-state index contributed by atoms with van der Waals surface area (Å²) in [6, 6.07) is 0. The Balaban J connectivity index is 3.80. The fourth-order valence-corrected chi connectivity index (χ4v) is 1.41. The minimum absolute atomic E-state index is 0.226. The molecule has 0 aliphatic rings. The third-order valence-electron chi connectivity index (χ3n) is 2.57. The highest BCUT2D eigenvalue weighted by molar-refractivity contribution is 4.73. The molecule has 0 amide bonds. The van der Waals surface area contributed by atoms with Crippen molar-refractivity contribution in [2.75, 3.05) is 13.7 Å². The third-order valence-corrected chi connectivity index (χ3v) is 2.57. The molecule has 2 unspecified atom stereocenters. The normalized spacial score (nSPS) is 16.7. The van der Waals surface area contributed by atoms with Crippen LogP contribution in [0.15, 0.2) is 0 Å². The summed E-state index contributed by atoms with van der Waals surface area (Å²) in [6.07, 6.45) is 2.74. The number of ether oxygens (including phenoxy) is 1. The van der Waals surface area contributed by atoms with E-state index in [0.717, 1.165) is 18.9 Å². The fourth-order valence-electron chi connectivity index (χ4n) is 1.41. The van der Waals surface area contributed by atoms with E-state index in [0.29, 0.717) is 6.10 Å². The van der Waals surface area contributed by atoms with Gasteiger partial charge in [0.1, 0.15) is 0 Å². The monoisotopic (exact) mass is 201 g/mol. The van der Waals surface area contributed by atoms with E-state index in [1.807, 2.05) is 0 Å². The number of hydrogen-bond acceptors (Lipinski definition) is 2. The Morgan fingerprint density at radius 1 is 1.29 bits per heavy atom. The SMILES string of the molecule is CCC(CNC(C)(C)C)CC(C)OC. The molecule has 0 aliphatic heterocycles. The first kappa shape index (κ1) is 13.9. The predicted octanol–water partition coefficient (Wildman–Crippen LogP) is 2.83. The van der Waals surface area contributed by atoms with Crippen molar-refractivity contribution in [1.29, 1.82) is 0 Å². The molecular formula is C12H27NO. The molecule has 2 nitrogen and oxygen atoms in total. The van der Waals surface area contributed by atoms with Crippen molar-refractivity contribution < 1.29 is 4.74 Å². The van der Waals surface area contributed by atoms with E-state index in [9.17, 15) is 0 Å². The van der Waals surface area contributed by atoms with Gasteiger partial charge in [-0.25, -0.2) is 0 Å². The Morgan fingerprint density at radius 2 is 1.86 bits per heavy atom. The molecule has 0 bridgehead atoms. The molecule has 0 saturated heterocycles. The van der Waals surface area contributed by atoms with Crippen molar-refractivity contribution in [3.63, 3.8) is 0 Å². The zero-order valence-electron chi connectivity index (χ0n) is 10.7. The van der Waals surface area contributed by atoms with Gasteiger partial charge in [0.2, 0.25) is 0 Å². The van der Waals surface area contributed by atoms with E-state index in [-0.39, 0.29) is 5.54 Å². The Morgan fingerprint density at radius 3 is 2.21 bits per heavy atom. The second kappa shape index (κ2) is 6.41. The molecule has 0 heterocycles. The highest BCUT2D eigenvalue weighted by Gasteiger charge is 2.14. The highest BCUT2D eigenvalue weighted by atomic mass is 16.5. The van der Waals surface area contributed by atoms with Crippen LogP contribution in [0.3, 0.4) is 0 Å². The lowest BCUT2D eigenvalue weighted by atomic mass is 9.97. The van der Waals surface area contributed by atoms with Crippen molar-refractivity contribution in [2.24, 2.45) is 5.92 Å². The Labute approximate surface area is 89.4 Å². The lowest BCUT2D eigenvalue weighted by Crippen LogP contribution is -2.39. The van der Waals surface area contributed by atoms with Crippen LogP contribution in [0.4, 0.5) is 0 Å². The van der Waals surface area contributed by atoms with Crippen molar-refractivity contribution in [3.8, 4) is 0 Å². The van der Waals surface area contributed by atoms with Crippen LogP contribution in [0, 0.1) is 5.92 Å². The summed E-state index contributed by atoms with van der Waals surface area (Å²) in [5.41, 5.74) is 0.226. The van der Waals surface area contributed by atoms with Gasteiger partial charge in [-0.15, -0.1) is 0 Å². The summed E-state index contributed by atoms with van der Waals surface area (Å²) in [6.45, 7) is 12.1. The topological polar surface area (TPSA) is 21.3 Å². The van der Waals surface area contributed by atoms with Gasteiger partial charge >= 0.3 is 0 Å². The Kier molecular flexibility index (Phi) is 6.38. The second-order valence-corrected chi connectivity index (χ2v) is 5.19. The first-order valence-corrected chi connectivity index (χ1v) is 5.66. The van der Waals surface area contributed by atoms with Gasteiger partial charge in [0.05, 0.1) is 6.10 Å². The maximum absolute atomic E-state index is 5.29. The van der Waals surface area contributed by atoms with E-state index in [1.54, 1.807) is 7.11 Å². The van der Waals surface area contributed by atoms with Crippen molar-refractivity contribution >= 4 is 0 Å². The summed E-state index contributed by atoms with van der Waals surface area (Å²) in [5, 5.41) is 3.55. The van der Waals surface area contributed by atoms with Gasteiger partial charge in [0, 0.05) is 12.6 Å². The van der Waals surface area contributed by atoms with Gasteiger partial charge in [0.25, 0.3) is 0 Å². The van der Waals surface area contributed by atoms with Crippen LogP contribution in [-0.2, 0) is 4.74 Å². The van der Waals surface area contributed by atoms with Crippen molar-refractivity contribution in [3.05, 3.63) is 0 Å². The Hall–Kier alpha value is -0.0800. The van der Waals surface area contributed by atoms with Gasteiger partial charge in [-0.3, -0.25) is 0 Å². The molecular weight excluding hydrogens is 174 g/mol. The van der Waals surface area contributed by atoms with Gasteiger partial charge < -0.3 is 10.1 Å². The molecule has 0 aliphatic carbocycles. The van der Waals surface area contributed by atoms with Crippen molar-refractivity contribution in [1.82, 2.24) is 5.32 Å². The maximum atomic E-state index is 5.29. The van der Waals surface area contributed by atoms with E-state index >= 15 is 0 Å². The second-order valence-electron chi connectivity index (χ2n) is 5.19. The molecule has 2 heteroatoms. The molecule has 2 atom stereocenters. The molecule has 0 rings (SSSR count). The lowest BCUT2D eigenvalue weighted by molar-refractivity contribution is 0.0927. The van der Waals surface area contributed by atoms with Gasteiger partial charge in [-0.1, -0.05) is 13.3 Å². The van der Waals surface area contributed by atoms with Crippen LogP contribution in [0.1, 0.15) is 47.5 Å². The molecule has 1 N–H and O–H groups in total. The number of methoxy groups -OCH3 is 1. The van der Waals surface area contributed by atoms with Crippen LogP contribution in [0.2, 0.25) is 0 Å². The predicted molar refractivity (Wildman–Crippen MR) is 62.6 cm³/mol. The lowest BCUT2D eigenvalue weighted by Gasteiger charge is -2.26. The summed E-state index contributed by atoms with van der Waals surface area (Å²) in [4.78, 5) is 0. The summed E-state index contributed by atoms with van der Waals surface area (Å²) < 4.78 is 5.29. The average Bonchev–Trinajstić information content (AvgIpc) is 2.10. The van der Waals surface area contributed by atoms with E-state index < -0.39 is 0 Å². The molecule has 86 valence electrons. The van der Waals surface area contributed by atoms with E-state index in [1.165, 1.54) is 6.42 Å². The van der Waals surface area contributed by atoms with Crippen LogP contribution in [0.25, 0.3) is 0 Å². The number of nitrogens with one attached hydrogen (secondary N) is 1. The molecule has 14 heavy (non-hydrogen) atoms. The standard InChI is InChI=1S/C12H27NO/c1-7-11(8-10(2)14-6)9-13-12(3,4)5/h10-11,13H,7-9H2,1-6H3. The summed E-state index contributed by atoms with van der Waals surface area (Å²) in [7, 11) is 1.79. The third kappa shape index (κ3) is 7.34. The zero-order chi connectivity index (χ0) is 11.2. The molecule has 0 aromatic rings. The van der Waals surface area contributed by atoms with Gasteiger partial charge in [-0.05, 0) is 46.6 Å². The van der Waals surface area contributed by atoms with Gasteiger partial charge in [0.15, 0.2) is 0 Å². The molecule has 0 fully saturated rings. The Bertz CT molecular complexity index is 140. The minimum Gasteiger partial charge on any atom is -0.382 e. The summed E-state index contributed by atoms with van der Waals surface area (Å²) in [5.74, 6) is 0.726. The smallest absolute Gasteiger partial charge is 0.0546 e. The van der Waals surface area contributed by atoms with Gasteiger partial charge in [-0.2, -0.15) is 0 Å². The summed E-state index contributed by atoms with van der Waals surface area (Å²) >= 11 is 0. The molecule has 0 aromatic carbocycles. The molecule has 0 aromatic heterocycles. The van der Waals surface area contributed by atoms with Crippen LogP contribution >= 0.6 is 0 Å². The fraction of sp³-hybridized carbons (Fsp3) is 1.00.